The van der Waals surface area contributed by atoms with Crippen molar-refractivity contribution in [3.63, 3.8) is 0 Å². The van der Waals surface area contributed by atoms with Gasteiger partial charge in [-0.15, -0.1) is 0 Å². The van der Waals surface area contributed by atoms with Gasteiger partial charge in [0.05, 0.1) is 5.69 Å². The van der Waals surface area contributed by atoms with E-state index in [4.69, 9.17) is 0 Å². The van der Waals surface area contributed by atoms with Gasteiger partial charge in [-0.1, -0.05) is 6.07 Å². The van der Waals surface area contributed by atoms with Crippen LogP contribution < -0.4 is 10.6 Å². The SMILES string of the molecule is Cc1cc(CCNC(=O)Nc2c(F)cccc2F)nn1C. The van der Waals surface area contributed by atoms with E-state index in [0.29, 0.717) is 13.0 Å². The molecule has 0 aliphatic rings. The highest BCUT2D eigenvalue weighted by atomic mass is 19.1. The summed E-state index contributed by atoms with van der Waals surface area (Å²) in [6.07, 6.45) is 0.537. The zero-order valence-electron chi connectivity index (χ0n) is 11.8. The first-order valence-corrected chi connectivity index (χ1v) is 6.45. The number of para-hydroxylation sites is 1. The number of hydrogen-bond donors (Lipinski definition) is 2. The molecule has 0 aliphatic heterocycles. The largest absolute Gasteiger partial charge is 0.337 e. The highest BCUT2D eigenvalue weighted by Crippen LogP contribution is 2.17. The lowest BCUT2D eigenvalue weighted by Gasteiger charge is -2.08. The van der Waals surface area contributed by atoms with E-state index in [1.54, 1.807) is 4.68 Å². The molecular weight excluding hydrogens is 278 g/mol. The van der Waals surface area contributed by atoms with Gasteiger partial charge in [0.2, 0.25) is 0 Å². The minimum absolute atomic E-state index is 0.318. The summed E-state index contributed by atoms with van der Waals surface area (Å²) in [5, 5.41) is 8.93. The summed E-state index contributed by atoms with van der Waals surface area (Å²) in [5.74, 6) is -1.63. The standard InChI is InChI=1S/C14H16F2N4O/c1-9-8-10(19-20(9)2)6-7-17-14(21)18-13-11(15)4-3-5-12(13)16/h3-5,8H,6-7H2,1-2H3,(H2,17,18,21). The Balaban J connectivity index is 1.85. The molecule has 2 aromatic rings. The fourth-order valence-corrected chi connectivity index (χ4v) is 1.84. The third kappa shape index (κ3) is 3.77. The van der Waals surface area contributed by atoms with Crippen LogP contribution in [0.5, 0.6) is 0 Å². The van der Waals surface area contributed by atoms with E-state index in [1.807, 2.05) is 20.0 Å². The number of amides is 2. The van der Waals surface area contributed by atoms with Crippen molar-refractivity contribution in [1.82, 2.24) is 15.1 Å². The van der Waals surface area contributed by atoms with Gasteiger partial charge in [0.25, 0.3) is 0 Å². The minimum atomic E-state index is -0.814. The smallest absolute Gasteiger partial charge is 0.319 e. The monoisotopic (exact) mass is 294 g/mol. The second kappa shape index (κ2) is 6.34. The molecule has 0 unspecified atom stereocenters. The van der Waals surface area contributed by atoms with E-state index < -0.39 is 23.4 Å². The minimum Gasteiger partial charge on any atom is -0.337 e. The number of carbonyl (C=O) groups excluding carboxylic acids is 1. The van der Waals surface area contributed by atoms with Gasteiger partial charge in [-0.3, -0.25) is 4.68 Å². The van der Waals surface area contributed by atoms with Gasteiger partial charge in [-0.2, -0.15) is 5.10 Å². The van der Waals surface area contributed by atoms with Crippen LogP contribution in [0.2, 0.25) is 0 Å². The third-order valence-corrected chi connectivity index (χ3v) is 3.03. The van der Waals surface area contributed by atoms with Crippen LogP contribution in [0, 0.1) is 18.6 Å². The first-order valence-electron chi connectivity index (χ1n) is 6.45. The first-order chi connectivity index (χ1) is 9.97. The number of halogens is 2. The van der Waals surface area contributed by atoms with E-state index >= 15 is 0 Å². The van der Waals surface area contributed by atoms with E-state index in [0.717, 1.165) is 23.5 Å². The van der Waals surface area contributed by atoms with E-state index in [9.17, 15) is 13.6 Å². The highest BCUT2D eigenvalue weighted by Gasteiger charge is 2.11. The Hall–Kier alpha value is -2.44. The zero-order chi connectivity index (χ0) is 15.4. The number of anilines is 1. The summed E-state index contributed by atoms with van der Waals surface area (Å²) in [6.45, 7) is 2.25. The lowest BCUT2D eigenvalue weighted by Crippen LogP contribution is -2.31. The predicted octanol–water partition coefficient (Wildman–Crippen LogP) is 2.37. The van der Waals surface area contributed by atoms with Crippen LogP contribution in [0.1, 0.15) is 11.4 Å². The molecule has 21 heavy (non-hydrogen) atoms. The molecule has 0 radical (unpaired) electrons. The molecule has 0 atom stereocenters. The topological polar surface area (TPSA) is 59.0 Å². The van der Waals surface area contributed by atoms with Gasteiger partial charge in [0, 0.05) is 25.7 Å². The van der Waals surface area contributed by atoms with Crippen molar-refractivity contribution in [3.05, 3.63) is 47.3 Å². The molecule has 7 heteroatoms. The Morgan fingerprint density at radius 3 is 2.57 bits per heavy atom. The summed E-state index contributed by atoms with van der Waals surface area (Å²) in [7, 11) is 1.83. The van der Waals surface area contributed by atoms with Crippen LogP contribution in [0.15, 0.2) is 24.3 Å². The van der Waals surface area contributed by atoms with Crippen molar-refractivity contribution in [2.75, 3.05) is 11.9 Å². The van der Waals surface area contributed by atoms with Crippen LogP contribution in [0.3, 0.4) is 0 Å². The Bertz CT molecular complexity index is 615. The van der Waals surface area contributed by atoms with Crippen molar-refractivity contribution in [1.29, 1.82) is 0 Å². The molecule has 0 spiro atoms. The third-order valence-electron chi connectivity index (χ3n) is 3.03. The molecule has 1 aromatic heterocycles. The second-order valence-electron chi connectivity index (χ2n) is 4.63. The fraction of sp³-hybridized carbons (Fsp3) is 0.286. The summed E-state index contributed by atoms with van der Waals surface area (Å²) in [6, 6.07) is 4.64. The van der Waals surface area contributed by atoms with Gasteiger partial charge in [-0.25, -0.2) is 13.6 Å². The van der Waals surface area contributed by atoms with Crippen LogP contribution >= 0.6 is 0 Å². The highest BCUT2D eigenvalue weighted by molar-refractivity contribution is 5.89. The number of benzene rings is 1. The molecule has 2 N–H and O–H groups in total. The maximum atomic E-state index is 13.3. The van der Waals surface area contributed by atoms with Crippen molar-refractivity contribution in [3.8, 4) is 0 Å². The zero-order valence-corrected chi connectivity index (χ0v) is 11.8. The van der Waals surface area contributed by atoms with Gasteiger partial charge in [0.15, 0.2) is 0 Å². The normalized spacial score (nSPS) is 10.5. The molecule has 2 amide bonds. The number of aryl methyl sites for hydroxylation is 2. The van der Waals surface area contributed by atoms with Crippen molar-refractivity contribution >= 4 is 11.7 Å². The van der Waals surface area contributed by atoms with Crippen LogP contribution in [0.25, 0.3) is 0 Å². The second-order valence-corrected chi connectivity index (χ2v) is 4.63. The maximum absolute atomic E-state index is 13.3. The number of nitrogens with one attached hydrogen (secondary N) is 2. The number of aromatic nitrogens is 2. The van der Waals surface area contributed by atoms with Gasteiger partial charge in [0.1, 0.15) is 17.3 Å². The van der Waals surface area contributed by atoms with Crippen molar-refractivity contribution in [2.24, 2.45) is 7.05 Å². The molecule has 1 heterocycles. The molecular formula is C14H16F2N4O. The van der Waals surface area contributed by atoms with Crippen LogP contribution in [-0.4, -0.2) is 22.4 Å². The van der Waals surface area contributed by atoms with E-state index in [1.165, 1.54) is 6.07 Å². The molecule has 5 nitrogen and oxygen atoms in total. The number of carbonyl (C=O) groups is 1. The summed E-state index contributed by atoms with van der Waals surface area (Å²) >= 11 is 0. The van der Waals surface area contributed by atoms with Gasteiger partial charge >= 0.3 is 6.03 Å². The van der Waals surface area contributed by atoms with Crippen LogP contribution in [-0.2, 0) is 13.5 Å². The lowest BCUT2D eigenvalue weighted by atomic mass is 10.3. The summed E-state index contributed by atoms with van der Waals surface area (Å²) < 4.78 is 28.4. The first kappa shape index (κ1) is 15.0. The number of rotatable bonds is 4. The molecule has 2 rings (SSSR count). The Labute approximate surface area is 121 Å². The fourth-order valence-electron chi connectivity index (χ4n) is 1.84. The quantitative estimate of drug-likeness (QED) is 0.909. The van der Waals surface area contributed by atoms with Crippen molar-refractivity contribution in [2.45, 2.75) is 13.3 Å². The van der Waals surface area contributed by atoms with Crippen LogP contribution in [0.4, 0.5) is 19.3 Å². The summed E-state index contributed by atoms with van der Waals surface area (Å²) in [4.78, 5) is 11.6. The van der Waals surface area contributed by atoms with Gasteiger partial charge < -0.3 is 10.6 Å². The molecule has 0 saturated carbocycles. The van der Waals surface area contributed by atoms with Gasteiger partial charge in [-0.05, 0) is 25.1 Å². The lowest BCUT2D eigenvalue weighted by molar-refractivity contribution is 0.252. The number of hydrogen-bond acceptors (Lipinski definition) is 2. The molecule has 112 valence electrons. The molecule has 0 fully saturated rings. The van der Waals surface area contributed by atoms with Crippen molar-refractivity contribution < 1.29 is 13.6 Å². The molecule has 0 bridgehead atoms. The number of nitrogens with zero attached hydrogens (tertiary/aromatic N) is 2. The molecule has 0 saturated heterocycles. The molecule has 0 aliphatic carbocycles. The number of urea groups is 1. The Morgan fingerprint density at radius 2 is 2.00 bits per heavy atom. The Kier molecular flexibility index (Phi) is 4.52. The summed E-state index contributed by atoms with van der Waals surface area (Å²) in [5.41, 5.74) is 1.40. The Morgan fingerprint density at radius 1 is 1.33 bits per heavy atom. The average Bonchev–Trinajstić information content (AvgIpc) is 2.73. The van der Waals surface area contributed by atoms with E-state index in [-0.39, 0.29) is 0 Å². The molecule has 1 aromatic carbocycles. The van der Waals surface area contributed by atoms with E-state index in [2.05, 4.69) is 15.7 Å². The average molecular weight is 294 g/mol. The maximum Gasteiger partial charge on any atom is 0.319 e. The predicted molar refractivity (Wildman–Crippen MR) is 75.0 cm³/mol.